The SMILES string of the molecule is COc1ccc(/C(C)=C(/C)F)cc1. The van der Waals surface area contributed by atoms with Gasteiger partial charge in [-0.2, -0.15) is 0 Å². The second-order valence-electron chi connectivity index (χ2n) is 2.89. The Morgan fingerprint density at radius 3 is 2.08 bits per heavy atom. The van der Waals surface area contributed by atoms with Crippen LogP contribution >= 0.6 is 0 Å². The average Bonchev–Trinajstić information content (AvgIpc) is 2.17. The van der Waals surface area contributed by atoms with E-state index in [9.17, 15) is 4.39 Å². The molecule has 1 aromatic carbocycles. The molecule has 0 spiro atoms. The molecule has 0 unspecified atom stereocenters. The van der Waals surface area contributed by atoms with E-state index in [1.54, 1.807) is 14.0 Å². The van der Waals surface area contributed by atoms with E-state index in [-0.39, 0.29) is 5.83 Å². The van der Waals surface area contributed by atoms with E-state index < -0.39 is 0 Å². The van der Waals surface area contributed by atoms with Gasteiger partial charge in [0.1, 0.15) is 11.6 Å². The largest absolute Gasteiger partial charge is 0.497 e. The van der Waals surface area contributed by atoms with Crippen LogP contribution in [0.4, 0.5) is 4.39 Å². The van der Waals surface area contributed by atoms with E-state index >= 15 is 0 Å². The summed E-state index contributed by atoms with van der Waals surface area (Å²) in [6.07, 6.45) is 0. The third-order valence-electron chi connectivity index (χ3n) is 2.04. The van der Waals surface area contributed by atoms with Crippen LogP contribution in [0.25, 0.3) is 5.57 Å². The molecule has 70 valence electrons. The zero-order chi connectivity index (χ0) is 9.84. The van der Waals surface area contributed by atoms with Gasteiger partial charge in [-0.15, -0.1) is 0 Å². The normalized spacial score (nSPS) is 12.3. The highest BCUT2D eigenvalue weighted by Crippen LogP contribution is 2.21. The molecular weight excluding hydrogens is 167 g/mol. The Morgan fingerprint density at radius 2 is 1.69 bits per heavy atom. The Morgan fingerprint density at radius 1 is 1.15 bits per heavy atom. The smallest absolute Gasteiger partial charge is 0.118 e. The van der Waals surface area contributed by atoms with Crippen LogP contribution in [0.3, 0.4) is 0 Å². The van der Waals surface area contributed by atoms with Gasteiger partial charge in [0, 0.05) is 0 Å². The molecule has 0 amide bonds. The highest BCUT2D eigenvalue weighted by molar-refractivity contribution is 5.65. The molecule has 0 radical (unpaired) electrons. The van der Waals surface area contributed by atoms with E-state index in [0.717, 1.165) is 11.3 Å². The predicted octanol–water partition coefficient (Wildman–Crippen LogP) is 3.42. The monoisotopic (exact) mass is 180 g/mol. The van der Waals surface area contributed by atoms with Crippen LogP contribution in [0.5, 0.6) is 5.75 Å². The van der Waals surface area contributed by atoms with Crippen molar-refractivity contribution in [3.8, 4) is 5.75 Å². The van der Waals surface area contributed by atoms with Gasteiger partial charge in [-0.05, 0) is 37.1 Å². The van der Waals surface area contributed by atoms with Gasteiger partial charge in [-0.3, -0.25) is 0 Å². The van der Waals surface area contributed by atoms with E-state index in [1.807, 2.05) is 24.3 Å². The summed E-state index contributed by atoms with van der Waals surface area (Å²) < 4.78 is 17.8. The highest BCUT2D eigenvalue weighted by atomic mass is 19.1. The van der Waals surface area contributed by atoms with Gasteiger partial charge < -0.3 is 4.74 Å². The van der Waals surface area contributed by atoms with Gasteiger partial charge in [-0.25, -0.2) is 4.39 Å². The first kappa shape index (κ1) is 9.78. The van der Waals surface area contributed by atoms with Gasteiger partial charge in [0.2, 0.25) is 0 Å². The fraction of sp³-hybridized carbons (Fsp3) is 0.273. The molecule has 1 nitrogen and oxygen atoms in total. The van der Waals surface area contributed by atoms with Crippen LogP contribution in [-0.4, -0.2) is 7.11 Å². The first-order chi connectivity index (χ1) is 6.15. The molecule has 0 N–H and O–H groups in total. The van der Waals surface area contributed by atoms with Gasteiger partial charge in [0.25, 0.3) is 0 Å². The number of halogens is 1. The van der Waals surface area contributed by atoms with E-state index in [0.29, 0.717) is 5.57 Å². The maximum atomic E-state index is 12.8. The van der Waals surface area contributed by atoms with Crippen molar-refractivity contribution in [2.45, 2.75) is 13.8 Å². The minimum atomic E-state index is -0.148. The quantitative estimate of drug-likeness (QED) is 0.677. The molecule has 0 aliphatic carbocycles. The molecular formula is C11H13FO. The van der Waals surface area contributed by atoms with Crippen LogP contribution < -0.4 is 4.74 Å². The molecule has 0 bridgehead atoms. The van der Waals surface area contributed by atoms with Crippen molar-refractivity contribution >= 4 is 5.57 Å². The number of rotatable bonds is 2. The number of ether oxygens (including phenoxy) is 1. The summed E-state index contributed by atoms with van der Waals surface area (Å²) in [7, 11) is 1.61. The van der Waals surface area contributed by atoms with E-state index in [1.165, 1.54) is 6.92 Å². The average molecular weight is 180 g/mol. The molecule has 13 heavy (non-hydrogen) atoms. The van der Waals surface area contributed by atoms with Crippen molar-refractivity contribution in [1.29, 1.82) is 0 Å². The molecule has 1 rings (SSSR count). The summed E-state index contributed by atoms with van der Waals surface area (Å²) in [4.78, 5) is 0. The highest BCUT2D eigenvalue weighted by Gasteiger charge is 1.99. The molecule has 0 heterocycles. The lowest BCUT2D eigenvalue weighted by atomic mass is 10.1. The second kappa shape index (κ2) is 4.08. The van der Waals surface area contributed by atoms with Crippen LogP contribution in [0.1, 0.15) is 19.4 Å². The Balaban J connectivity index is 2.99. The van der Waals surface area contributed by atoms with Crippen LogP contribution in [-0.2, 0) is 0 Å². The third kappa shape index (κ3) is 2.31. The minimum Gasteiger partial charge on any atom is -0.497 e. The van der Waals surface area contributed by atoms with Crippen molar-refractivity contribution in [2.75, 3.05) is 7.11 Å². The number of allylic oxidation sites excluding steroid dienone is 2. The summed E-state index contributed by atoms with van der Waals surface area (Å²) >= 11 is 0. The molecule has 0 saturated carbocycles. The van der Waals surface area contributed by atoms with Crippen molar-refractivity contribution in [3.63, 3.8) is 0 Å². The van der Waals surface area contributed by atoms with Gasteiger partial charge in [0.05, 0.1) is 7.11 Å². The lowest BCUT2D eigenvalue weighted by Crippen LogP contribution is -1.84. The van der Waals surface area contributed by atoms with Crippen LogP contribution in [0.15, 0.2) is 30.1 Å². The van der Waals surface area contributed by atoms with Crippen molar-refractivity contribution in [2.24, 2.45) is 0 Å². The van der Waals surface area contributed by atoms with Crippen LogP contribution in [0, 0.1) is 0 Å². The van der Waals surface area contributed by atoms with Crippen molar-refractivity contribution in [1.82, 2.24) is 0 Å². The second-order valence-corrected chi connectivity index (χ2v) is 2.89. The summed E-state index contributed by atoms with van der Waals surface area (Å²) in [6, 6.07) is 7.33. The molecule has 0 aliphatic heterocycles. The van der Waals surface area contributed by atoms with Gasteiger partial charge in [-0.1, -0.05) is 12.1 Å². The lowest BCUT2D eigenvalue weighted by Gasteiger charge is -2.03. The molecule has 0 fully saturated rings. The first-order valence-electron chi connectivity index (χ1n) is 4.12. The maximum Gasteiger partial charge on any atom is 0.118 e. The molecule has 0 aliphatic rings. The number of hydrogen-bond donors (Lipinski definition) is 0. The number of methoxy groups -OCH3 is 1. The first-order valence-corrected chi connectivity index (χ1v) is 4.12. The lowest BCUT2D eigenvalue weighted by molar-refractivity contribution is 0.415. The zero-order valence-corrected chi connectivity index (χ0v) is 8.10. The van der Waals surface area contributed by atoms with Crippen molar-refractivity contribution < 1.29 is 9.13 Å². The standard InChI is InChI=1S/C11H13FO/c1-8(9(2)12)10-4-6-11(13-3)7-5-10/h4-7H,1-3H3/b9-8-. The Bertz CT molecular complexity index is 307. The molecule has 0 aromatic heterocycles. The summed E-state index contributed by atoms with van der Waals surface area (Å²) in [5, 5.41) is 0. The summed E-state index contributed by atoms with van der Waals surface area (Å²) in [5.41, 5.74) is 1.56. The topological polar surface area (TPSA) is 9.23 Å². The summed E-state index contributed by atoms with van der Waals surface area (Å²) in [6.45, 7) is 3.22. The Hall–Kier alpha value is -1.31. The van der Waals surface area contributed by atoms with Crippen LogP contribution in [0.2, 0.25) is 0 Å². The maximum absolute atomic E-state index is 12.8. The number of hydrogen-bond acceptors (Lipinski definition) is 1. The molecule has 0 atom stereocenters. The van der Waals surface area contributed by atoms with Crippen molar-refractivity contribution in [3.05, 3.63) is 35.7 Å². The fourth-order valence-electron chi connectivity index (χ4n) is 1.04. The molecule has 2 heteroatoms. The predicted molar refractivity (Wildman–Crippen MR) is 52.4 cm³/mol. The molecule has 1 aromatic rings. The van der Waals surface area contributed by atoms with E-state index in [4.69, 9.17) is 4.74 Å². The molecule has 0 saturated heterocycles. The van der Waals surface area contributed by atoms with Gasteiger partial charge in [0.15, 0.2) is 0 Å². The Kier molecular flexibility index (Phi) is 3.07. The third-order valence-corrected chi connectivity index (χ3v) is 2.04. The zero-order valence-electron chi connectivity index (χ0n) is 8.10. The summed E-state index contributed by atoms with van der Waals surface area (Å²) in [5.74, 6) is 0.637. The fourth-order valence-corrected chi connectivity index (χ4v) is 1.04. The Labute approximate surface area is 77.8 Å². The van der Waals surface area contributed by atoms with E-state index in [2.05, 4.69) is 0 Å². The minimum absolute atomic E-state index is 0.148. The van der Waals surface area contributed by atoms with Gasteiger partial charge >= 0.3 is 0 Å². The number of benzene rings is 1.